The van der Waals surface area contributed by atoms with Crippen LogP contribution < -0.4 is 9.47 Å². The van der Waals surface area contributed by atoms with Crippen molar-refractivity contribution in [1.82, 2.24) is 14.3 Å². The zero-order valence-corrected chi connectivity index (χ0v) is 15.7. The first-order valence-corrected chi connectivity index (χ1v) is 10.3. The molecule has 4 rings (SSSR count). The molecule has 3 heterocycles. The lowest BCUT2D eigenvalue weighted by Crippen LogP contribution is -2.31. The van der Waals surface area contributed by atoms with Crippen molar-refractivity contribution in [2.24, 2.45) is 0 Å². The van der Waals surface area contributed by atoms with Crippen LogP contribution in [0.4, 0.5) is 4.39 Å². The molecule has 2 aliphatic heterocycles. The van der Waals surface area contributed by atoms with Crippen molar-refractivity contribution in [3.05, 3.63) is 41.6 Å². The first kappa shape index (κ1) is 18.1. The summed E-state index contributed by atoms with van der Waals surface area (Å²) in [4.78, 5) is 7.96. The minimum Gasteiger partial charge on any atom is -0.493 e. The summed E-state index contributed by atoms with van der Waals surface area (Å²) in [6.45, 7) is 2.83. The zero-order chi connectivity index (χ0) is 19.0. The van der Waals surface area contributed by atoms with Crippen molar-refractivity contribution in [3.63, 3.8) is 0 Å². The Kier molecular flexibility index (Phi) is 4.73. The number of fused-ring (bicyclic) bond motifs is 1. The average Bonchev–Trinajstić information content (AvgIpc) is 3.32. The Morgan fingerprint density at radius 3 is 3.04 bits per heavy atom. The van der Waals surface area contributed by atoms with Crippen LogP contribution in [-0.4, -0.2) is 48.5 Å². The highest BCUT2D eigenvalue weighted by Gasteiger charge is 2.35. The van der Waals surface area contributed by atoms with E-state index in [0.717, 1.165) is 11.3 Å². The second-order valence-electron chi connectivity index (χ2n) is 6.55. The van der Waals surface area contributed by atoms with Gasteiger partial charge in [0.05, 0.1) is 23.7 Å². The molecule has 1 aromatic heterocycles. The summed E-state index contributed by atoms with van der Waals surface area (Å²) in [5, 5.41) is 0. The summed E-state index contributed by atoms with van der Waals surface area (Å²) in [6, 6.07) is 4.93. The quantitative estimate of drug-likeness (QED) is 0.772. The van der Waals surface area contributed by atoms with Crippen molar-refractivity contribution < 1.29 is 22.3 Å². The molecule has 0 amide bonds. The molecule has 2 aliphatic rings. The summed E-state index contributed by atoms with van der Waals surface area (Å²) in [5.41, 5.74) is 1.18. The highest BCUT2D eigenvalue weighted by molar-refractivity contribution is 7.89. The minimum atomic E-state index is -3.64. The maximum atomic E-state index is 14.3. The number of aryl methyl sites for hydroxylation is 1. The lowest BCUT2D eigenvalue weighted by atomic mass is 10.2. The topological polar surface area (TPSA) is 81.6 Å². The van der Waals surface area contributed by atoms with Crippen molar-refractivity contribution in [2.75, 3.05) is 19.7 Å². The van der Waals surface area contributed by atoms with Gasteiger partial charge in [-0.2, -0.15) is 13.7 Å². The van der Waals surface area contributed by atoms with Gasteiger partial charge in [-0.1, -0.05) is 6.92 Å². The maximum absolute atomic E-state index is 14.3. The molecule has 7 nitrogen and oxygen atoms in total. The van der Waals surface area contributed by atoms with E-state index in [0.29, 0.717) is 32.4 Å². The fraction of sp³-hybridized carbons (Fsp3) is 0.444. The predicted molar refractivity (Wildman–Crippen MR) is 94.8 cm³/mol. The van der Waals surface area contributed by atoms with Gasteiger partial charge in [-0.05, 0) is 36.6 Å². The van der Waals surface area contributed by atoms with Crippen LogP contribution in [0.1, 0.15) is 24.6 Å². The summed E-state index contributed by atoms with van der Waals surface area (Å²) >= 11 is 0. The maximum Gasteiger partial charge on any atom is 0.254 e. The molecule has 9 heteroatoms. The first-order chi connectivity index (χ1) is 13.0. The van der Waals surface area contributed by atoms with Gasteiger partial charge in [-0.3, -0.25) is 0 Å². The van der Waals surface area contributed by atoms with Gasteiger partial charge in [0, 0.05) is 13.0 Å². The van der Waals surface area contributed by atoms with E-state index in [-0.39, 0.29) is 23.0 Å². The second-order valence-corrected chi connectivity index (χ2v) is 8.49. The Hall–Kier alpha value is -2.26. The van der Waals surface area contributed by atoms with E-state index in [1.165, 1.54) is 10.6 Å². The molecular formula is C18H20FN3O4S. The number of nitrogens with zero attached hydrogens (tertiary/aromatic N) is 3. The van der Waals surface area contributed by atoms with Crippen LogP contribution in [0.5, 0.6) is 11.6 Å². The smallest absolute Gasteiger partial charge is 0.254 e. The number of aromatic nitrogens is 2. The molecule has 1 saturated heterocycles. The van der Waals surface area contributed by atoms with E-state index in [1.54, 1.807) is 25.1 Å². The summed E-state index contributed by atoms with van der Waals surface area (Å²) in [6.07, 6.45) is 2.41. The zero-order valence-electron chi connectivity index (χ0n) is 14.9. The lowest BCUT2D eigenvalue weighted by Gasteiger charge is -2.17. The highest BCUT2D eigenvalue weighted by atomic mass is 32.2. The molecule has 1 aromatic carbocycles. The third-order valence-electron chi connectivity index (χ3n) is 4.85. The molecule has 0 bridgehead atoms. The van der Waals surface area contributed by atoms with Gasteiger partial charge < -0.3 is 9.47 Å². The molecule has 1 fully saturated rings. The van der Waals surface area contributed by atoms with Gasteiger partial charge in [0.15, 0.2) is 0 Å². The molecular weight excluding hydrogens is 373 g/mol. The van der Waals surface area contributed by atoms with Crippen LogP contribution >= 0.6 is 0 Å². The van der Waals surface area contributed by atoms with Crippen molar-refractivity contribution in [3.8, 4) is 11.6 Å². The first-order valence-electron chi connectivity index (χ1n) is 8.91. The van der Waals surface area contributed by atoms with E-state index in [4.69, 9.17) is 9.47 Å². The summed E-state index contributed by atoms with van der Waals surface area (Å²) in [7, 11) is -3.64. The monoisotopic (exact) mass is 393 g/mol. The number of hydrogen-bond acceptors (Lipinski definition) is 6. The molecule has 1 atom stereocenters. The third kappa shape index (κ3) is 3.37. The largest absolute Gasteiger partial charge is 0.493 e. The van der Waals surface area contributed by atoms with Crippen LogP contribution in [0.2, 0.25) is 0 Å². The predicted octanol–water partition coefficient (Wildman–Crippen LogP) is 1.95. The average molecular weight is 393 g/mol. The van der Waals surface area contributed by atoms with E-state index >= 15 is 0 Å². The molecule has 144 valence electrons. The van der Waals surface area contributed by atoms with Crippen LogP contribution in [0.3, 0.4) is 0 Å². The Balaban J connectivity index is 1.49. The van der Waals surface area contributed by atoms with E-state index in [9.17, 15) is 12.8 Å². The Bertz CT molecular complexity index is 967. The number of rotatable bonds is 5. The fourth-order valence-electron chi connectivity index (χ4n) is 3.36. The second kappa shape index (κ2) is 7.05. The van der Waals surface area contributed by atoms with Gasteiger partial charge in [-0.25, -0.2) is 13.4 Å². The molecule has 0 saturated carbocycles. The number of halogens is 1. The number of benzene rings is 1. The summed E-state index contributed by atoms with van der Waals surface area (Å²) < 4.78 is 52.5. The van der Waals surface area contributed by atoms with Crippen LogP contribution in [0.25, 0.3) is 0 Å². The third-order valence-corrected chi connectivity index (χ3v) is 6.71. The van der Waals surface area contributed by atoms with E-state index in [1.807, 2.05) is 0 Å². The van der Waals surface area contributed by atoms with Crippen LogP contribution in [0, 0.1) is 5.82 Å². The molecule has 2 aromatic rings. The van der Waals surface area contributed by atoms with Crippen molar-refractivity contribution in [2.45, 2.75) is 37.2 Å². The van der Waals surface area contributed by atoms with Crippen LogP contribution in [-0.2, 0) is 22.9 Å². The van der Waals surface area contributed by atoms with Gasteiger partial charge in [-0.15, -0.1) is 0 Å². The van der Waals surface area contributed by atoms with E-state index in [2.05, 4.69) is 9.97 Å². The van der Waals surface area contributed by atoms with Crippen LogP contribution in [0.15, 0.2) is 29.4 Å². The lowest BCUT2D eigenvalue weighted by molar-refractivity contribution is 0.195. The molecule has 0 N–H and O–H groups in total. The van der Waals surface area contributed by atoms with Gasteiger partial charge >= 0.3 is 0 Å². The van der Waals surface area contributed by atoms with Crippen molar-refractivity contribution >= 4 is 10.0 Å². The number of ether oxygens (including phenoxy) is 2. The molecule has 0 aliphatic carbocycles. The van der Waals surface area contributed by atoms with E-state index < -0.39 is 21.9 Å². The molecule has 0 radical (unpaired) electrons. The van der Waals surface area contributed by atoms with Gasteiger partial charge in [0.25, 0.3) is 5.88 Å². The number of hydrogen-bond donors (Lipinski definition) is 0. The fourth-order valence-corrected chi connectivity index (χ4v) is 4.90. The normalized spacial score (nSPS) is 19.7. The SMILES string of the molecule is CCc1ncnc(O[C@H]2CCN(S(=O)(=O)c3ccc4c(c3)CCO4)C2)c1F. The molecule has 0 unspecified atom stereocenters. The minimum absolute atomic E-state index is 0.124. The Labute approximate surface area is 157 Å². The summed E-state index contributed by atoms with van der Waals surface area (Å²) in [5.74, 6) is 0.0308. The Morgan fingerprint density at radius 2 is 2.22 bits per heavy atom. The van der Waals surface area contributed by atoms with Crippen molar-refractivity contribution in [1.29, 1.82) is 0 Å². The van der Waals surface area contributed by atoms with Gasteiger partial charge in [0.2, 0.25) is 15.8 Å². The Morgan fingerprint density at radius 1 is 1.37 bits per heavy atom. The van der Waals surface area contributed by atoms with Gasteiger partial charge in [0.1, 0.15) is 18.2 Å². The molecule has 27 heavy (non-hydrogen) atoms. The molecule has 0 spiro atoms. The highest BCUT2D eigenvalue weighted by Crippen LogP contribution is 2.30. The number of sulfonamides is 1. The standard InChI is InChI=1S/C18H20FN3O4S/c1-2-15-17(19)18(21-11-20-15)26-13-5-7-22(10-13)27(23,24)14-3-4-16-12(9-14)6-8-25-16/h3-4,9,11,13H,2,5-8,10H2,1H3/t13-/m0/s1.